The number of aromatic nitrogens is 1. The van der Waals surface area contributed by atoms with Crippen molar-refractivity contribution in [2.75, 3.05) is 13.1 Å². The van der Waals surface area contributed by atoms with Crippen LogP contribution in [0.5, 0.6) is 0 Å². The summed E-state index contributed by atoms with van der Waals surface area (Å²) in [5.74, 6) is 0.227. The van der Waals surface area contributed by atoms with Gasteiger partial charge in [0.05, 0.1) is 6.10 Å². The third kappa shape index (κ3) is 2.63. The number of nitrogens with zero attached hydrogens (tertiary/aromatic N) is 1. The van der Waals surface area contributed by atoms with Gasteiger partial charge in [0.2, 0.25) is 0 Å². The standard InChI is InChI=1S/C18H24N2O2/c1-11-6-7-16-15(12(11)2)9-17(19-16)18(22)20-8-4-5-14(10-20)13(3)21/h6-7,9,13-14,19,21H,4-5,8,10H2,1-3H3. The number of carbonyl (C=O) groups is 1. The van der Waals surface area contributed by atoms with Gasteiger partial charge in [-0.25, -0.2) is 0 Å². The van der Waals surface area contributed by atoms with E-state index < -0.39 is 0 Å². The summed E-state index contributed by atoms with van der Waals surface area (Å²) in [7, 11) is 0. The normalized spacial score (nSPS) is 20.4. The number of aryl methyl sites for hydroxylation is 2. The van der Waals surface area contributed by atoms with Crippen LogP contribution in [0.1, 0.15) is 41.4 Å². The van der Waals surface area contributed by atoms with Gasteiger partial charge in [-0.2, -0.15) is 0 Å². The summed E-state index contributed by atoms with van der Waals surface area (Å²) in [6, 6.07) is 6.07. The van der Waals surface area contributed by atoms with E-state index in [4.69, 9.17) is 0 Å². The number of aromatic amines is 1. The van der Waals surface area contributed by atoms with Crippen LogP contribution in [0.3, 0.4) is 0 Å². The monoisotopic (exact) mass is 300 g/mol. The van der Waals surface area contributed by atoms with Crippen LogP contribution in [0.2, 0.25) is 0 Å². The maximum atomic E-state index is 12.7. The first-order chi connectivity index (χ1) is 10.5. The average Bonchev–Trinajstić information content (AvgIpc) is 2.95. The van der Waals surface area contributed by atoms with Gasteiger partial charge in [-0.3, -0.25) is 4.79 Å². The zero-order chi connectivity index (χ0) is 15.9. The van der Waals surface area contributed by atoms with E-state index in [1.54, 1.807) is 0 Å². The number of fused-ring (bicyclic) bond motifs is 1. The molecule has 2 heterocycles. The highest BCUT2D eigenvalue weighted by Gasteiger charge is 2.27. The van der Waals surface area contributed by atoms with Crippen LogP contribution < -0.4 is 0 Å². The minimum Gasteiger partial charge on any atom is -0.393 e. The van der Waals surface area contributed by atoms with Crippen LogP contribution in [0.15, 0.2) is 18.2 Å². The van der Waals surface area contributed by atoms with E-state index in [-0.39, 0.29) is 17.9 Å². The van der Waals surface area contributed by atoms with Gasteiger partial charge in [-0.05, 0) is 56.9 Å². The van der Waals surface area contributed by atoms with Crippen molar-refractivity contribution < 1.29 is 9.90 Å². The lowest BCUT2D eigenvalue weighted by molar-refractivity contribution is 0.0462. The first kappa shape index (κ1) is 15.1. The largest absolute Gasteiger partial charge is 0.393 e. The molecular weight excluding hydrogens is 276 g/mol. The van der Waals surface area contributed by atoms with E-state index in [0.717, 1.165) is 30.3 Å². The molecule has 2 unspecified atom stereocenters. The zero-order valence-corrected chi connectivity index (χ0v) is 13.5. The molecule has 2 aromatic rings. The van der Waals surface area contributed by atoms with Crippen LogP contribution in [0.25, 0.3) is 10.9 Å². The molecular formula is C18H24N2O2. The van der Waals surface area contributed by atoms with Crippen LogP contribution in [0.4, 0.5) is 0 Å². The van der Waals surface area contributed by atoms with E-state index >= 15 is 0 Å². The Bertz CT molecular complexity index is 702. The van der Waals surface area contributed by atoms with Crippen LogP contribution in [-0.4, -0.2) is 40.1 Å². The van der Waals surface area contributed by atoms with Crippen LogP contribution in [-0.2, 0) is 0 Å². The van der Waals surface area contributed by atoms with Gasteiger partial charge in [0.25, 0.3) is 5.91 Å². The number of H-pyrrole nitrogens is 1. The predicted octanol–water partition coefficient (Wildman–Crippen LogP) is 3.02. The number of rotatable bonds is 2. The molecule has 1 aromatic heterocycles. The smallest absolute Gasteiger partial charge is 0.270 e. The van der Waals surface area contributed by atoms with Gasteiger partial charge in [0.1, 0.15) is 5.69 Å². The van der Waals surface area contributed by atoms with Crippen molar-refractivity contribution in [2.24, 2.45) is 5.92 Å². The van der Waals surface area contributed by atoms with Gasteiger partial charge in [0, 0.05) is 29.9 Å². The van der Waals surface area contributed by atoms with Crippen molar-refractivity contribution in [1.82, 2.24) is 9.88 Å². The lowest BCUT2D eigenvalue weighted by Crippen LogP contribution is -2.43. The van der Waals surface area contributed by atoms with Crippen LogP contribution >= 0.6 is 0 Å². The Morgan fingerprint density at radius 2 is 2.18 bits per heavy atom. The van der Waals surface area contributed by atoms with Gasteiger partial charge < -0.3 is 15.0 Å². The maximum absolute atomic E-state index is 12.7. The minimum atomic E-state index is -0.358. The predicted molar refractivity (Wildman–Crippen MR) is 88.1 cm³/mol. The van der Waals surface area contributed by atoms with Gasteiger partial charge in [-0.15, -0.1) is 0 Å². The number of benzene rings is 1. The third-order valence-electron chi connectivity index (χ3n) is 5.00. The molecule has 2 N–H and O–H groups in total. The molecule has 1 fully saturated rings. The number of nitrogens with one attached hydrogen (secondary N) is 1. The van der Waals surface area contributed by atoms with E-state index in [0.29, 0.717) is 12.2 Å². The number of aliphatic hydroxyl groups is 1. The van der Waals surface area contributed by atoms with Crippen molar-refractivity contribution in [1.29, 1.82) is 0 Å². The van der Waals surface area contributed by atoms with Crippen molar-refractivity contribution in [3.63, 3.8) is 0 Å². The lowest BCUT2D eigenvalue weighted by Gasteiger charge is -2.33. The number of likely N-dealkylation sites (tertiary alicyclic amines) is 1. The highest BCUT2D eigenvalue weighted by Crippen LogP contribution is 2.25. The molecule has 1 aliphatic heterocycles. The number of aliphatic hydroxyl groups excluding tert-OH is 1. The lowest BCUT2D eigenvalue weighted by atomic mass is 9.93. The number of piperidine rings is 1. The molecule has 0 aliphatic carbocycles. The Labute approximate surface area is 131 Å². The SMILES string of the molecule is Cc1ccc2[nH]c(C(=O)N3CCCC(C(C)O)C3)cc2c1C. The second-order valence-electron chi connectivity index (χ2n) is 6.55. The number of hydrogen-bond acceptors (Lipinski definition) is 2. The molecule has 4 nitrogen and oxygen atoms in total. The molecule has 1 saturated heterocycles. The Morgan fingerprint density at radius 3 is 2.91 bits per heavy atom. The molecule has 118 valence electrons. The molecule has 3 rings (SSSR count). The summed E-state index contributed by atoms with van der Waals surface area (Å²) < 4.78 is 0. The van der Waals surface area contributed by atoms with Gasteiger partial charge in [-0.1, -0.05) is 6.07 Å². The number of amides is 1. The summed E-state index contributed by atoms with van der Waals surface area (Å²) in [4.78, 5) is 17.9. The minimum absolute atomic E-state index is 0.0404. The highest BCUT2D eigenvalue weighted by atomic mass is 16.3. The molecule has 1 amide bonds. The summed E-state index contributed by atoms with van der Waals surface area (Å²) in [6.07, 6.45) is 1.59. The summed E-state index contributed by atoms with van der Waals surface area (Å²) in [5.41, 5.74) is 4.11. The highest BCUT2D eigenvalue weighted by molar-refractivity contribution is 5.99. The summed E-state index contributed by atoms with van der Waals surface area (Å²) in [6.45, 7) is 7.40. The third-order valence-corrected chi connectivity index (χ3v) is 5.00. The molecule has 4 heteroatoms. The fourth-order valence-electron chi connectivity index (χ4n) is 3.33. The van der Waals surface area contributed by atoms with E-state index in [9.17, 15) is 9.90 Å². The molecule has 0 radical (unpaired) electrons. The molecule has 0 saturated carbocycles. The van der Waals surface area contributed by atoms with Crippen molar-refractivity contribution in [3.05, 3.63) is 35.0 Å². The first-order valence-electron chi connectivity index (χ1n) is 8.03. The topological polar surface area (TPSA) is 56.3 Å². The van der Waals surface area contributed by atoms with Crippen molar-refractivity contribution in [3.8, 4) is 0 Å². The molecule has 22 heavy (non-hydrogen) atoms. The fourth-order valence-corrected chi connectivity index (χ4v) is 3.33. The average molecular weight is 300 g/mol. The van der Waals surface area contributed by atoms with Crippen molar-refractivity contribution in [2.45, 2.75) is 39.7 Å². The molecule has 1 aromatic carbocycles. The van der Waals surface area contributed by atoms with Gasteiger partial charge in [0.15, 0.2) is 0 Å². The molecule has 0 bridgehead atoms. The number of carbonyl (C=O) groups excluding carboxylic acids is 1. The Kier molecular flexibility index (Phi) is 3.96. The fraction of sp³-hybridized carbons (Fsp3) is 0.500. The van der Waals surface area contributed by atoms with Gasteiger partial charge >= 0.3 is 0 Å². The van der Waals surface area contributed by atoms with E-state index in [1.165, 1.54) is 11.1 Å². The van der Waals surface area contributed by atoms with Crippen LogP contribution in [0, 0.1) is 19.8 Å². The maximum Gasteiger partial charge on any atom is 0.270 e. The second-order valence-corrected chi connectivity index (χ2v) is 6.55. The first-order valence-corrected chi connectivity index (χ1v) is 8.03. The molecule has 0 spiro atoms. The van der Waals surface area contributed by atoms with E-state index in [1.807, 2.05) is 24.0 Å². The molecule has 1 aliphatic rings. The zero-order valence-electron chi connectivity index (χ0n) is 13.5. The Morgan fingerprint density at radius 1 is 1.41 bits per heavy atom. The van der Waals surface area contributed by atoms with Crippen molar-refractivity contribution >= 4 is 16.8 Å². The second kappa shape index (κ2) is 5.76. The Hall–Kier alpha value is -1.81. The number of hydrogen-bond donors (Lipinski definition) is 2. The molecule has 2 atom stereocenters. The summed E-state index contributed by atoms with van der Waals surface area (Å²) >= 11 is 0. The Balaban J connectivity index is 1.87. The quantitative estimate of drug-likeness (QED) is 0.895. The summed E-state index contributed by atoms with van der Waals surface area (Å²) in [5, 5.41) is 10.9. The van der Waals surface area contributed by atoms with E-state index in [2.05, 4.69) is 24.9 Å².